The smallest absolute Gasteiger partial charge is 0.225 e. The zero-order valence-electron chi connectivity index (χ0n) is 13.5. The van der Waals surface area contributed by atoms with Gasteiger partial charge in [-0.3, -0.25) is 9.59 Å². The van der Waals surface area contributed by atoms with Crippen LogP contribution in [0.2, 0.25) is 0 Å². The van der Waals surface area contributed by atoms with Crippen molar-refractivity contribution in [1.82, 2.24) is 10.2 Å². The Labute approximate surface area is 136 Å². The number of carbonyl (C=O) groups excluding carboxylic acids is 2. The number of hydrogen-bond donors (Lipinski definition) is 1. The van der Waals surface area contributed by atoms with E-state index in [9.17, 15) is 14.0 Å². The van der Waals surface area contributed by atoms with E-state index in [2.05, 4.69) is 5.32 Å². The molecule has 0 bridgehead atoms. The summed E-state index contributed by atoms with van der Waals surface area (Å²) in [4.78, 5) is 26.1. The predicted molar refractivity (Wildman–Crippen MR) is 85.0 cm³/mol. The Morgan fingerprint density at radius 1 is 1.17 bits per heavy atom. The molecule has 1 aromatic rings. The molecule has 1 aromatic carbocycles. The summed E-state index contributed by atoms with van der Waals surface area (Å²) in [5, 5.41) is 2.89. The Morgan fingerprint density at radius 3 is 2.48 bits per heavy atom. The molecule has 4 nitrogen and oxygen atoms in total. The van der Waals surface area contributed by atoms with E-state index in [0.717, 1.165) is 18.4 Å². The highest BCUT2D eigenvalue weighted by atomic mass is 19.1. The Hall–Kier alpha value is -1.91. The number of benzene rings is 1. The summed E-state index contributed by atoms with van der Waals surface area (Å²) in [6.07, 6.45) is 3.47. The van der Waals surface area contributed by atoms with Crippen molar-refractivity contribution < 1.29 is 14.0 Å². The second-order valence-electron chi connectivity index (χ2n) is 6.68. The number of nitrogens with one attached hydrogen (secondary N) is 1. The van der Waals surface area contributed by atoms with E-state index in [1.165, 1.54) is 6.07 Å². The van der Waals surface area contributed by atoms with E-state index in [0.29, 0.717) is 38.0 Å². The minimum Gasteiger partial charge on any atom is -0.352 e. The summed E-state index contributed by atoms with van der Waals surface area (Å²) in [5.41, 5.74) is 1.37. The molecule has 1 heterocycles. The van der Waals surface area contributed by atoms with Crippen LogP contribution in [0.3, 0.4) is 0 Å². The summed E-state index contributed by atoms with van der Waals surface area (Å²) in [5.74, 6) is 0.220. The summed E-state index contributed by atoms with van der Waals surface area (Å²) >= 11 is 0. The van der Waals surface area contributed by atoms with E-state index in [-0.39, 0.29) is 29.5 Å². The molecule has 1 N–H and O–H groups in total. The van der Waals surface area contributed by atoms with Gasteiger partial charge in [-0.05, 0) is 49.8 Å². The van der Waals surface area contributed by atoms with Gasteiger partial charge in [-0.15, -0.1) is 0 Å². The molecule has 0 spiro atoms. The number of hydrogen-bond acceptors (Lipinski definition) is 2. The number of rotatable bonds is 4. The van der Waals surface area contributed by atoms with E-state index in [1.54, 1.807) is 13.0 Å². The fourth-order valence-corrected chi connectivity index (χ4v) is 3.03. The van der Waals surface area contributed by atoms with Gasteiger partial charge in [0.2, 0.25) is 11.8 Å². The molecule has 1 saturated heterocycles. The lowest BCUT2D eigenvalue weighted by Crippen LogP contribution is -2.43. The molecule has 0 aromatic heterocycles. The van der Waals surface area contributed by atoms with Crippen LogP contribution in [0.15, 0.2) is 18.2 Å². The molecule has 1 aliphatic carbocycles. The van der Waals surface area contributed by atoms with Crippen LogP contribution >= 0.6 is 0 Å². The molecule has 0 unspecified atom stereocenters. The maximum absolute atomic E-state index is 13.5. The Kier molecular flexibility index (Phi) is 4.64. The number of piperidine rings is 1. The number of nitrogens with zero attached hydrogens (tertiary/aromatic N) is 1. The van der Waals surface area contributed by atoms with Gasteiger partial charge in [0.05, 0.1) is 0 Å². The van der Waals surface area contributed by atoms with Gasteiger partial charge in [0.25, 0.3) is 0 Å². The highest BCUT2D eigenvalue weighted by Gasteiger charge is 2.35. The molecule has 0 radical (unpaired) electrons. The average Bonchev–Trinajstić information content (AvgIpc) is 3.40. The van der Waals surface area contributed by atoms with Gasteiger partial charge in [0, 0.05) is 31.5 Å². The summed E-state index contributed by atoms with van der Waals surface area (Å²) < 4.78 is 13.5. The van der Waals surface area contributed by atoms with Crippen LogP contribution in [0.25, 0.3) is 0 Å². The third-order valence-electron chi connectivity index (χ3n) is 4.81. The van der Waals surface area contributed by atoms with Gasteiger partial charge in [-0.2, -0.15) is 0 Å². The zero-order valence-corrected chi connectivity index (χ0v) is 13.5. The minimum atomic E-state index is -0.247. The molecule has 124 valence electrons. The third-order valence-corrected chi connectivity index (χ3v) is 4.81. The first-order valence-corrected chi connectivity index (χ1v) is 8.36. The topological polar surface area (TPSA) is 49.4 Å². The van der Waals surface area contributed by atoms with Crippen LogP contribution in [-0.4, -0.2) is 29.8 Å². The third kappa shape index (κ3) is 3.89. The van der Waals surface area contributed by atoms with Crippen LogP contribution in [0, 0.1) is 24.6 Å². The van der Waals surface area contributed by atoms with Crippen molar-refractivity contribution in [2.75, 3.05) is 13.1 Å². The molecular weight excluding hydrogens is 295 g/mol. The molecule has 1 saturated carbocycles. The SMILES string of the molecule is Cc1ccc(CNC(=O)C2CCN(C(=O)C3CC3)CC2)cc1F. The van der Waals surface area contributed by atoms with Crippen molar-refractivity contribution in [2.45, 2.75) is 39.2 Å². The normalized spacial score (nSPS) is 18.8. The first-order valence-electron chi connectivity index (χ1n) is 8.36. The zero-order chi connectivity index (χ0) is 16.4. The lowest BCUT2D eigenvalue weighted by molar-refractivity contribution is -0.136. The van der Waals surface area contributed by atoms with Crippen molar-refractivity contribution in [3.63, 3.8) is 0 Å². The lowest BCUT2D eigenvalue weighted by atomic mass is 9.95. The molecule has 2 amide bonds. The Morgan fingerprint density at radius 2 is 1.87 bits per heavy atom. The summed E-state index contributed by atoms with van der Waals surface area (Å²) in [6, 6.07) is 5.01. The van der Waals surface area contributed by atoms with Crippen molar-refractivity contribution >= 4 is 11.8 Å². The molecule has 3 rings (SSSR count). The van der Waals surface area contributed by atoms with Crippen molar-refractivity contribution in [1.29, 1.82) is 0 Å². The maximum atomic E-state index is 13.5. The van der Waals surface area contributed by atoms with Crippen molar-refractivity contribution in [2.24, 2.45) is 11.8 Å². The monoisotopic (exact) mass is 318 g/mol. The van der Waals surface area contributed by atoms with Crippen LogP contribution < -0.4 is 5.32 Å². The highest BCUT2D eigenvalue weighted by Crippen LogP contribution is 2.32. The van der Waals surface area contributed by atoms with Gasteiger partial charge in [-0.25, -0.2) is 4.39 Å². The van der Waals surface area contributed by atoms with Gasteiger partial charge in [-0.1, -0.05) is 12.1 Å². The van der Waals surface area contributed by atoms with Gasteiger partial charge >= 0.3 is 0 Å². The fraction of sp³-hybridized carbons (Fsp3) is 0.556. The molecule has 2 aliphatic rings. The van der Waals surface area contributed by atoms with Crippen LogP contribution in [-0.2, 0) is 16.1 Å². The minimum absolute atomic E-state index is 0.00417. The molecule has 1 aliphatic heterocycles. The molecule has 23 heavy (non-hydrogen) atoms. The van der Waals surface area contributed by atoms with Gasteiger partial charge in [0.1, 0.15) is 5.82 Å². The Bertz CT molecular complexity index is 605. The lowest BCUT2D eigenvalue weighted by Gasteiger charge is -2.31. The maximum Gasteiger partial charge on any atom is 0.225 e. The first kappa shape index (κ1) is 16.0. The van der Waals surface area contributed by atoms with Crippen LogP contribution in [0.5, 0.6) is 0 Å². The van der Waals surface area contributed by atoms with Crippen LogP contribution in [0.1, 0.15) is 36.8 Å². The number of halogens is 1. The van der Waals surface area contributed by atoms with Gasteiger partial charge in [0.15, 0.2) is 0 Å². The first-order chi connectivity index (χ1) is 11.0. The van der Waals surface area contributed by atoms with E-state index >= 15 is 0 Å². The number of amides is 2. The van der Waals surface area contributed by atoms with E-state index < -0.39 is 0 Å². The summed E-state index contributed by atoms with van der Waals surface area (Å²) in [7, 11) is 0. The quantitative estimate of drug-likeness (QED) is 0.927. The molecule has 5 heteroatoms. The predicted octanol–water partition coefficient (Wildman–Crippen LogP) is 2.40. The second-order valence-corrected chi connectivity index (χ2v) is 6.68. The van der Waals surface area contributed by atoms with E-state index in [4.69, 9.17) is 0 Å². The largest absolute Gasteiger partial charge is 0.352 e. The summed E-state index contributed by atoms with van der Waals surface area (Å²) in [6.45, 7) is 3.41. The van der Waals surface area contributed by atoms with Crippen molar-refractivity contribution in [3.05, 3.63) is 35.1 Å². The van der Waals surface area contributed by atoms with Gasteiger partial charge < -0.3 is 10.2 Å². The molecule has 0 atom stereocenters. The highest BCUT2D eigenvalue weighted by molar-refractivity contribution is 5.82. The molecular formula is C18H23FN2O2. The van der Waals surface area contributed by atoms with Crippen molar-refractivity contribution in [3.8, 4) is 0 Å². The Balaban J connectivity index is 1.45. The molecule has 2 fully saturated rings. The second kappa shape index (κ2) is 6.69. The number of aryl methyl sites for hydroxylation is 1. The number of carbonyl (C=O) groups is 2. The average molecular weight is 318 g/mol. The number of likely N-dealkylation sites (tertiary alicyclic amines) is 1. The fourth-order valence-electron chi connectivity index (χ4n) is 3.03. The standard InChI is InChI=1S/C18H23FN2O2/c1-12-2-3-13(10-16(12)19)11-20-17(22)14-6-8-21(9-7-14)18(23)15-4-5-15/h2-3,10,14-15H,4-9,11H2,1H3,(H,20,22). The van der Waals surface area contributed by atoms with E-state index in [1.807, 2.05) is 11.0 Å². The van der Waals surface area contributed by atoms with Crippen LogP contribution in [0.4, 0.5) is 4.39 Å².